The Morgan fingerprint density at radius 3 is 2.47 bits per heavy atom. The SMILES string of the molecule is C[C@@H](C(=O)N1CCN(c2ccc(S(=O)(=O)Nc3nccs3)cc2)CC1)n1ccc2ccccc21. The molecule has 1 aliphatic heterocycles. The van der Waals surface area contributed by atoms with Gasteiger partial charge in [0.15, 0.2) is 5.13 Å². The van der Waals surface area contributed by atoms with E-state index < -0.39 is 10.0 Å². The second-order valence-corrected chi connectivity index (χ2v) is 10.8. The van der Waals surface area contributed by atoms with Gasteiger partial charge >= 0.3 is 0 Å². The zero-order valence-corrected chi connectivity index (χ0v) is 20.3. The standard InChI is InChI=1S/C24H25N5O3S2/c1-18(29-12-10-19-4-2-3-5-22(19)29)23(30)28-15-13-27(14-16-28)20-6-8-21(9-7-20)34(31,32)26-24-25-11-17-33-24/h2-12,17-18H,13-16H2,1H3,(H,25,26)/t18-/m0/s1. The average Bonchev–Trinajstić information content (AvgIpc) is 3.53. The molecule has 8 nitrogen and oxygen atoms in total. The molecule has 1 atom stereocenters. The van der Waals surface area contributed by atoms with Gasteiger partial charge in [-0.05, 0) is 48.7 Å². The van der Waals surface area contributed by atoms with Crippen LogP contribution in [0.25, 0.3) is 10.9 Å². The van der Waals surface area contributed by atoms with E-state index >= 15 is 0 Å². The molecule has 0 saturated carbocycles. The van der Waals surface area contributed by atoms with Gasteiger partial charge in [-0.2, -0.15) is 0 Å². The summed E-state index contributed by atoms with van der Waals surface area (Å²) in [4.78, 5) is 21.4. The molecule has 0 radical (unpaired) electrons. The van der Waals surface area contributed by atoms with Crippen LogP contribution in [-0.2, 0) is 14.8 Å². The van der Waals surface area contributed by atoms with E-state index in [4.69, 9.17) is 0 Å². The van der Waals surface area contributed by atoms with E-state index in [0.717, 1.165) is 16.6 Å². The minimum absolute atomic E-state index is 0.107. The normalized spacial score (nSPS) is 15.4. The molecule has 1 aliphatic rings. The minimum atomic E-state index is -3.67. The quantitative estimate of drug-likeness (QED) is 0.440. The van der Waals surface area contributed by atoms with Gasteiger partial charge in [-0.15, -0.1) is 11.3 Å². The van der Waals surface area contributed by atoms with E-state index in [1.165, 1.54) is 11.3 Å². The molecule has 1 N–H and O–H groups in total. The molecule has 2 aromatic carbocycles. The zero-order valence-electron chi connectivity index (χ0n) is 18.7. The van der Waals surface area contributed by atoms with E-state index in [9.17, 15) is 13.2 Å². The van der Waals surface area contributed by atoms with Crippen LogP contribution in [0.15, 0.2) is 77.3 Å². The number of anilines is 2. The van der Waals surface area contributed by atoms with Gasteiger partial charge in [-0.3, -0.25) is 9.52 Å². The van der Waals surface area contributed by atoms with Crippen molar-refractivity contribution in [3.63, 3.8) is 0 Å². The van der Waals surface area contributed by atoms with Crippen LogP contribution in [0.2, 0.25) is 0 Å². The summed E-state index contributed by atoms with van der Waals surface area (Å²) in [6.45, 7) is 4.56. The van der Waals surface area contributed by atoms with Crippen molar-refractivity contribution in [2.75, 3.05) is 35.8 Å². The fourth-order valence-electron chi connectivity index (χ4n) is 4.29. The molecule has 34 heavy (non-hydrogen) atoms. The number of hydrogen-bond donors (Lipinski definition) is 1. The van der Waals surface area contributed by atoms with Crippen molar-refractivity contribution >= 4 is 49.0 Å². The monoisotopic (exact) mass is 495 g/mol. The highest BCUT2D eigenvalue weighted by molar-refractivity contribution is 7.93. The molecule has 0 unspecified atom stereocenters. The number of aromatic nitrogens is 2. The summed E-state index contributed by atoms with van der Waals surface area (Å²) in [5.74, 6) is 0.107. The number of hydrogen-bond acceptors (Lipinski definition) is 6. The lowest BCUT2D eigenvalue weighted by atomic mass is 10.2. The number of carbonyl (C=O) groups is 1. The topological polar surface area (TPSA) is 87.5 Å². The molecule has 5 rings (SSSR count). The number of fused-ring (bicyclic) bond motifs is 1. The summed E-state index contributed by atoms with van der Waals surface area (Å²) in [6, 6.07) is 16.6. The highest BCUT2D eigenvalue weighted by Gasteiger charge is 2.26. The third-order valence-corrected chi connectivity index (χ3v) is 8.33. The first-order valence-corrected chi connectivity index (χ1v) is 13.4. The highest BCUT2D eigenvalue weighted by atomic mass is 32.2. The van der Waals surface area contributed by atoms with Crippen molar-refractivity contribution in [1.82, 2.24) is 14.5 Å². The van der Waals surface area contributed by atoms with Crippen LogP contribution in [0.5, 0.6) is 0 Å². The lowest BCUT2D eigenvalue weighted by Crippen LogP contribution is -2.50. The van der Waals surface area contributed by atoms with Crippen molar-refractivity contribution in [3.8, 4) is 0 Å². The van der Waals surface area contributed by atoms with E-state index in [-0.39, 0.29) is 16.8 Å². The van der Waals surface area contributed by atoms with Gasteiger partial charge in [-0.1, -0.05) is 18.2 Å². The van der Waals surface area contributed by atoms with Crippen molar-refractivity contribution in [2.45, 2.75) is 17.9 Å². The van der Waals surface area contributed by atoms with Gasteiger partial charge in [0.05, 0.1) is 4.90 Å². The van der Waals surface area contributed by atoms with Crippen molar-refractivity contribution in [2.24, 2.45) is 0 Å². The maximum Gasteiger partial charge on any atom is 0.263 e. The summed E-state index contributed by atoms with van der Waals surface area (Å²) < 4.78 is 29.6. The molecule has 0 spiro atoms. The van der Waals surface area contributed by atoms with Gasteiger partial charge in [0, 0.05) is 55.2 Å². The van der Waals surface area contributed by atoms with E-state index in [1.54, 1.807) is 23.7 Å². The average molecular weight is 496 g/mol. The second-order valence-electron chi connectivity index (χ2n) is 8.21. The molecule has 1 amide bonds. The van der Waals surface area contributed by atoms with Crippen LogP contribution in [0.4, 0.5) is 10.8 Å². The third-order valence-electron chi connectivity index (χ3n) is 6.16. The van der Waals surface area contributed by atoms with Gasteiger partial charge in [0.2, 0.25) is 5.91 Å². The Morgan fingerprint density at radius 2 is 1.76 bits per heavy atom. The largest absolute Gasteiger partial charge is 0.368 e. The van der Waals surface area contributed by atoms with E-state index in [2.05, 4.69) is 14.6 Å². The number of nitrogens with one attached hydrogen (secondary N) is 1. The second kappa shape index (κ2) is 9.11. The van der Waals surface area contributed by atoms with Crippen molar-refractivity contribution < 1.29 is 13.2 Å². The number of sulfonamides is 1. The maximum atomic E-state index is 13.2. The molecule has 1 saturated heterocycles. The number of rotatable bonds is 6. The minimum Gasteiger partial charge on any atom is -0.368 e. The molecule has 0 aliphatic carbocycles. The number of carbonyl (C=O) groups excluding carboxylic acids is 1. The molecular formula is C24H25N5O3S2. The first kappa shape index (κ1) is 22.4. The van der Waals surface area contributed by atoms with Crippen LogP contribution in [0, 0.1) is 0 Å². The number of thiazole rings is 1. The van der Waals surface area contributed by atoms with Crippen LogP contribution < -0.4 is 9.62 Å². The van der Waals surface area contributed by atoms with Gasteiger partial charge < -0.3 is 14.4 Å². The summed E-state index contributed by atoms with van der Waals surface area (Å²) in [5.41, 5.74) is 1.99. The summed E-state index contributed by atoms with van der Waals surface area (Å²) >= 11 is 1.23. The van der Waals surface area contributed by atoms with Crippen LogP contribution in [0.3, 0.4) is 0 Å². The molecule has 0 bridgehead atoms. The first-order chi connectivity index (χ1) is 16.4. The van der Waals surface area contributed by atoms with Crippen molar-refractivity contribution in [3.05, 3.63) is 72.4 Å². The number of para-hydroxylation sites is 1. The van der Waals surface area contributed by atoms with Crippen LogP contribution in [-0.4, -0.2) is 55.0 Å². The van der Waals surface area contributed by atoms with E-state index in [0.29, 0.717) is 31.3 Å². The lowest BCUT2D eigenvalue weighted by molar-refractivity contribution is -0.134. The summed E-state index contributed by atoms with van der Waals surface area (Å²) in [5, 5.41) is 3.18. The van der Waals surface area contributed by atoms with Gasteiger partial charge in [0.25, 0.3) is 10.0 Å². The fourth-order valence-corrected chi connectivity index (χ4v) is 6.08. The van der Waals surface area contributed by atoms with Crippen molar-refractivity contribution in [1.29, 1.82) is 0 Å². The lowest BCUT2D eigenvalue weighted by Gasteiger charge is -2.37. The smallest absolute Gasteiger partial charge is 0.263 e. The molecule has 10 heteroatoms. The molecule has 3 heterocycles. The molecule has 176 valence electrons. The predicted octanol–water partition coefficient (Wildman–Crippen LogP) is 3.81. The van der Waals surface area contributed by atoms with Crippen LogP contribution in [0.1, 0.15) is 13.0 Å². The predicted molar refractivity (Wildman–Crippen MR) is 135 cm³/mol. The number of amides is 1. The zero-order chi connectivity index (χ0) is 23.7. The molecule has 2 aromatic heterocycles. The number of benzene rings is 2. The Balaban J connectivity index is 1.21. The van der Waals surface area contributed by atoms with Crippen LogP contribution >= 0.6 is 11.3 Å². The highest BCUT2D eigenvalue weighted by Crippen LogP contribution is 2.24. The van der Waals surface area contributed by atoms with Gasteiger partial charge in [-0.25, -0.2) is 13.4 Å². The number of piperazine rings is 1. The maximum absolute atomic E-state index is 13.2. The Labute approximate surface area is 202 Å². The number of nitrogens with zero attached hydrogens (tertiary/aromatic N) is 4. The molecule has 1 fully saturated rings. The summed E-state index contributed by atoms with van der Waals surface area (Å²) in [6.07, 6.45) is 3.53. The first-order valence-electron chi connectivity index (χ1n) is 11.0. The summed E-state index contributed by atoms with van der Waals surface area (Å²) in [7, 11) is -3.67. The Morgan fingerprint density at radius 1 is 1.03 bits per heavy atom. The fraction of sp³-hybridized carbons (Fsp3) is 0.250. The van der Waals surface area contributed by atoms with E-state index in [1.807, 2.05) is 65.1 Å². The molecule has 4 aromatic rings. The Bertz CT molecular complexity index is 1390. The Hall–Kier alpha value is -3.37. The Kier molecular flexibility index (Phi) is 6.01. The third kappa shape index (κ3) is 4.38. The molecular weight excluding hydrogens is 470 g/mol. The van der Waals surface area contributed by atoms with Gasteiger partial charge in [0.1, 0.15) is 6.04 Å².